The van der Waals surface area contributed by atoms with E-state index in [-0.39, 0.29) is 10.8 Å². The van der Waals surface area contributed by atoms with Gasteiger partial charge >= 0.3 is 0 Å². The van der Waals surface area contributed by atoms with Crippen LogP contribution in [-0.2, 0) is 10.8 Å². The Morgan fingerprint density at radius 2 is 0.720 bits per heavy atom. The lowest BCUT2D eigenvalue weighted by atomic mass is 9.97. The van der Waals surface area contributed by atoms with Crippen LogP contribution < -0.4 is 0 Å². The molecule has 0 saturated heterocycles. The largest absolute Gasteiger partial charge is 0.473 e. The minimum Gasteiger partial charge on any atom is -0.473 e. The van der Waals surface area contributed by atoms with Crippen molar-refractivity contribution in [2.24, 2.45) is 59.2 Å². The van der Waals surface area contributed by atoms with Gasteiger partial charge < -0.3 is 32.3 Å². The molecule has 0 aliphatic rings. The van der Waals surface area contributed by atoms with Crippen LogP contribution in [0.4, 0.5) is 0 Å². The molecule has 0 aromatic carbocycles. The van der Waals surface area contributed by atoms with Gasteiger partial charge in [-0.3, -0.25) is 10.1 Å². The van der Waals surface area contributed by atoms with E-state index in [1.54, 1.807) is 120 Å². The van der Waals surface area contributed by atoms with Crippen LogP contribution in [0.3, 0.4) is 0 Å². The summed E-state index contributed by atoms with van der Waals surface area (Å²) in [4.78, 5) is 20.0. The Balaban J connectivity index is -0.0000000477. The summed E-state index contributed by atoms with van der Waals surface area (Å²) in [7, 11) is 0. The summed E-state index contributed by atoms with van der Waals surface area (Å²) in [5.74, 6) is 9.02. The number of aromatic nitrogens is 15. The predicted molar refractivity (Wildman–Crippen MR) is 605 cm³/mol. The molecule has 0 unspecified atom stereocenters. The third-order valence-corrected chi connectivity index (χ3v) is 8.62. The number of imidazole rings is 1. The molecule has 0 radical (unpaired) electrons. The Labute approximate surface area is 839 Å². The summed E-state index contributed by atoms with van der Waals surface area (Å²) >= 11 is 6.39. The van der Waals surface area contributed by atoms with E-state index in [4.69, 9.17) is 4.42 Å². The predicted octanol–water partition coefficient (Wildman–Crippen LogP) is 40.7. The molecule has 24 heteroatoms. The fourth-order valence-corrected chi connectivity index (χ4v) is 4.80. The minimum absolute atomic E-state index is 0.0174. The van der Waals surface area contributed by atoms with Gasteiger partial charge in [-0.05, 0) is 124 Å². The van der Waals surface area contributed by atoms with Crippen LogP contribution in [0.5, 0.6) is 0 Å². The number of nitrogens with one attached hydrogen (secondary N) is 3. The minimum atomic E-state index is -0.0174. The van der Waals surface area contributed by atoms with Crippen molar-refractivity contribution in [3.63, 3.8) is 0 Å². The van der Waals surface area contributed by atoms with Gasteiger partial charge in [0.2, 0.25) is 18.7 Å². The zero-order chi connectivity index (χ0) is 109. The number of thiazole rings is 1. The third-order valence-electron chi connectivity index (χ3n) is 5.83. The molecule has 132 heavy (non-hydrogen) atoms. The van der Waals surface area contributed by atoms with Gasteiger partial charge in [-0.1, -0.05) is 438 Å². The van der Waals surface area contributed by atoms with E-state index in [1.165, 1.54) is 49.6 Å². The molecule has 20 nitrogen and oxygen atoms in total. The van der Waals surface area contributed by atoms with E-state index in [0.717, 1.165) is 64.2 Å². The molecular formula is C108H227N15O5S4. The maximum atomic E-state index is 4.98. The van der Waals surface area contributed by atoms with Crippen molar-refractivity contribution in [2.45, 2.75) is 426 Å². The standard InChI is InChI=1S/C6H10N2O.C6H10N2S.C4H5N.C4H4O.C4H4S.10C4H10.2C3H4N2.2C3H3NO.2C3H3NS.C2H2N2O.12C2H6/c2*1-6(2,3)5-8-7-4-9-5;3*1-2-4-5-3-1;10*1-4(2)3;1-2-5-3-4-1;1-2-4-5-3-1;1-2-5-3-4-1;1-2-4-5-3-1;1-2-5-3-4-1;1-2-4-5-3-1;1-3-2-5-4-1;12*1-2/h2*4H,1-3H3;1-5H;2*1-4H;10*4H,1-3H3;2*1-3H,(H,4,5);4*1-3H;1-2H;12*1-2H3. The molecule has 12 heterocycles. The van der Waals surface area contributed by atoms with E-state index in [9.17, 15) is 0 Å². The first-order chi connectivity index (χ1) is 62.5. The van der Waals surface area contributed by atoms with Gasteiger partial charge in [-0.15, -0.1) is 43.1 Å². The van der Waals surface area contributed by atoms with Crippen LogP contribution in [0.2, 0.25) is 0 Å². The highest BCUT2D eigenvalue weighted by molar-refractivity contribution is 7.09. The van der Waals surface area contributed by atoms with Crippen molar-refractivity contribution in [1.82, 2.24) is 75.2 Å². The number of nitrogens with zero attached hydrogens (tertiary/aromatic N) is 12. The first kappa shape index (κ1) is 180. The van der Waals surface area contributed by atoms with Gasteiger partial charge in [0.05, 0.1) is 36.8 Å². The van der Waals surface area contributed by atoms with E-state index < -0.39 is 0 Å². The van der Waals surface area contributed by atoms with Crippen molar-refractivity contribution in [3.8, 4) is 0 Å². The number of rotatable bonds is 0. The maximum Gasteiger partial charge on any atom is 0.221 e. The number of furan rings is 1. The Morgan fingerprint density at radius 3 is 0.826 bits per heavy atom. The second-order valence-electron chi connectivity index (χ2n) is 30.6. The SMILES string of the molecule is CC.CC.CC.CC.CC.CC.CC.CC.CC.CC.CC.CC.CC(C)(C)c1nnco1.CC(C)(C)c1nncs1.CC(C)C.CC(C)C.CC(C)C.CC(C)C.CC(C)C.CC(C)C.CC(C)C.CC(C)C.CC(C)C.CC(C)C.c1c[nH]cn1.c1cc[nH]c1.c1ccoc1.c1ccsc1.c1cn[nH]c1.c1cnoc1.c1cnsc1.c1cocn1.c1cscn1.c1ncon1. The molecule has 0 bridgehead atoms. The zero-order valence-electron chi connectivity index (χ0n) is 97.9. The van der Waals surface area contributed by atoms with E-state index in [2.05, 4.69) is 322 Å². The van der Waals surface area contributed by atoms with Crippen LogP contribution in [0.15, 0.2) is 228 Å². The Morgan fingerprint density at radius 1 is 0.295 bits per heavy atom. The molecular weight excluding hydrogens is 1720 g/mol. The van der Waals surface area contributed by atoms with Crippen molar-refractivity contribution in [3.05, 3.63) is 217 Å². The lowest BCUT2D eigenvalue weighted by molar-refractivity contribution is 0.392. The summed E-state index contributed by atoms with van der Waals surface area (Å²) in [6.45, 7) is 125. The van der Waals surface area contributed by atoms with Crippen molar-refractivity contribution in [2.75, 3.05) is 0 Å². The number of hydrogen-bond acceptors (Lipinski definition) is 21. The summed E-state index contributed by atoms with van der Waals surface area (Å²) in [6, 6.07) is 17.1. The maximum absolute atomic E-state index is 4.98. The number of H-pyrrole nitrogens is 3. The van der Waals surface area contributed by atoms with Crippen LogP contribution >= 0.6 is 45.5 Å². The Bertz CT molecular complexity index is 2170. The molecule has 0 fully saturated rings. The first-order valence-corrected chi connectivity index (χ1v) is 52.6. The molecule has 12 rings (SSSR count). The number of aromatic amines is 3. The summed E-state index contributed by atoms with van der Waals surface area (Å²) < 4.78 is 26.4. The Kier molecular flexibility index (Phi) is 261. The number of thiophene rings is 1. The van der Waals surface area contributed by atoms with E-state index >= 15 is 0 Å². The number of hydrogen-bond donors (Lipinski definition) is 3. The van der Waals surface area contributed by atoms with Gasteiger partial charge in [0.1, 0.15) is 23.0 Å². The number of oxazole rings is 1. The first-order valence-electron chi connectivity index (χ1n) is 49.0. The van der Waals surface area contributed by atoms with Gasteiger partial charge in [0.15, 0.2) is 12.7 Å². The van der Waals surface area contributed by atoms with Crippen LogP contribution in [-0.4, -0.2) is 75.2 Å². The zero-order valence-corrected chi connectivity index (χ0v) is 101. The fourth-order valence-electron chi connectivity index (χ4n) is 3.00. The van der Waals surface area contributed by atoms with Gasteiger partial charge in [-0.2, -0.15) is 16.4 Å². The normalized spacial score (nSPS) is 7.92. The summed E-state index contributed by atoms with van der Waals surface area (Å²) in [5, 5.41) is 36.9. The van der Waals surface area contributed by atoms with Gasteiger partial charge in [-0.25, -0.2) is 19.3 Å². The van der Waals surface area contributed by atoms with E-state index in [1.807, 2.05) is 269 Å². The summed E-state index contributed by atoms with van der Waals surface area (Å²) in [5.41, 5.74) is 3.71. The molecule has 0 aliphatic carbocycles. The average molecular weight is 1940 g/mol. The molecule has 0 spiro atoms. The van der Waals surface area contributed by atoms with E-state index in [0.29, 0.717) is 5.89 Å². The molecule has 0 saturated carbocycles. The second-order valence-corrected chi connectivity index (χ2v) is 33.7. The average Bonchev–Trinajstić information content (AvgIpc) is 1.75. The van der Waals surface area contributed by atoms with Crippen molar-refractivity contribution in [1.29, 1.82) is 0 Å². The quantitative estimate of drug-likeness (QED) is 0.127. The van der Waals surface area contributed by atoms with Crippen LogP contribution in [0, 0.1) is 59.2 Å². The van der Waals surface area contributed by atoms with Crippen LogP contribution in [0.1, 0.15) is 426 Å². The highest BCUT2D eigenvalue weighted by Crippen LogP contribution is 2.22. The lowest BCUT2D eigenvalue weighted by Crippen LogP contribution is -2.11. The molecule has 0 aliphatic heterocycles. The molecule has 12 aromatic heterocycles. The van der Waals surface area contributed by atoms with Crippen LogP contribution in [0.25, 0.3) is 0 Å². The van der Waals surface area contributed by atoms with Crippen molar-refractivity contribution < 1.29 is 22.3 Å². The van der Waals surface area contributed by atoms with Crippen molar-refractivity contribution >= 4 is 45.5 Å². The molecule has 12 aromatic rings. The lowest BCUT2D eigenvalue weighted by Gasteiger charge is -2.11. The topological polar surface area (TPSA) is 268 Å². The highest BCUT2D eigenvalue weighted by atomic mass is 32.1. The second kappa shape index (κ2) is 191. The molecule has 0 amide bonds. The molecule has 0 atom stereocenters. The van der Waals surface area contributed by atoms with Gasteiger partial charge in [0.25, 0.3) is 0 Å². The summed E-state index contributed by atoms with van der Waals surface area (Å²) in [6.07, 6.45) is 30.6. The Hall–Kier alpha value is -7.80. The molecule has 3 N–H and O–H groups in total. The fraction of sp³-hybridized carbons (Fsp3) is 0.667. The monoisotopic (exact) mass is 1940 g/mol. The molecule has 788 valence electrons. The smallest absolute Gasteiger partial charge is 0.221 e. The highest BCUT2D eigenvalue weighted by Gasteiger charge is 2.19. The van der Waals surface area contributed by atoms with Gasteiger partial charge in [0, 0.05) is 71.2 Å². The third kappa shape index (κ3) is 386.